The summed E-state index contributed by atoms with van der Waals surface area (Å²) in [7, 11) is -2.19. The fourth-order valence-corrected chi connectivity index (χ4v) is 1.95. The van der Waals surface area contributed by atoms with Crippen LogP contribution in [0, 0.1) is 6.08 Å². The Morgan fingerprint density at radius 2 is 2.00 bits per heavy atom. The molecule has 1 radical (unpaired) electrons. The molecule has 3 heteroatoms. The molecule has 1 aromatic rings. The molecule has 2 nitrogen and oxygen atoms in total. The monoisotopic (exact) mass is 191 g/mol. The molecule has 13 heavy (non-hydrogen) atoms. The van der Waals surface area contributed by atoms with Crippen molar-refractivity contribution in [2.75, 3.05) is 0 Å². The highest BCUT2D eigenvalue weighted by Crippen LogP contribution is 2.15. The average molecular weight is 191 g/mol. The van der Waals surface area contributed by atoms with Gasteiger partial charge in [0, 0.05) is 11.6 Å². The molecule has 0 aromatic heterocycles. The number of hydrogen-bond acceptors (Lipinski definition) is 2. The fraction of sp³-hybridized carbons (Fsp3) is 0.100. The number of allylic oxidation sites excluding steroid dienone is 2. The molecule has 1 aromatic carbocycles. The van der Waals surface area contributed by atoms with E-state index in [2.05, 4.69) is 6.08 Å². The van der Waals surface area contributed by atoms with Crippen LogP contribution in [0.5, 0.6) is 0 Å². The molecule has 0 saturated heterocycles. The second-order valence-corrected chi connectivity index (χ2v) is 3.65. The van der Waals surface area contributed by atoms with Crippen molar-refractivity contribution in [3.63, 3.8) is 0 Å². The highest BCUT2D eigenvalue weighted by Gasteiger charge is 2.10. The predicted molar refractivity (Wildman–Crippen MR) is 51.0 cm³/mol. The van der Waals surface area contributed by atoms with Crippen LogP contribution in [-0.4, -0.2) is 13.3 Å². The largest absolute Gasteiger partial charge is 0.222 e. The molecule has 0 N–H and O–H groups in total. The van der Waals surface area contributed by atoms with Crippen LogP contribution in [-0.2, 0) is 16.7 Å². The highest BCUT2D eigenvalue weighted by molar-refractivity contribution is 7.73. The molecule has 0 saturated carbocycles. The van der Waals surface area contributed by atoms with Gasteiger partial charge in [-0.15, -0.1) is 0 Å². The molecular formula is C10H7O2S. The lowest BCUT2D eigenvalue weighted by atomic mass is 9.97. The second kappa shape index (κ2) is 3.18. The zero-order valence-corrected chi connectivity index (χ0v) is 7.64. The molecule has 0 fully saturated rings. The van der Waals surface area contributed by atoms with E-state index in [1.54, 1.807) is 12.1 Å². The lowest BCUT2D eigenvalue weighted by molar-refractivity contribution is 0.627. The van der Waals surface area contributed by atoms with E-state index < -0.39 is 10.3 Å². The van der Waals surface area contributed by atoms with Gasteiger partial charge < -0.3 is 0 Å². The van der Waals surface area contributed by atoms with Crippen LogP contribution >= 0.6 is 0 Å². The van der Waals surface area contributed by atoms with Crippen LogP contribution in [0.4, 0.5) is 0 Å². The van der Waals surface area contributed by atoms with Gasteiger partial charge in [0.25, 0.3) is 0 Å². The number of benzene rings is 1. The SMILES string of the molecule is O=S(=O)=C1[C]=CCc2ccccc21. The third kappa shape index (κ3) is 1.42. The van der Waals surface area contributed by atoms with Gasteiger partial charge in [0.05, 0.1) is 0 Å². The van der Waals surface area contributed by atoms with E-state index in [0.29, 0.717) is 0 Å². The van der Waals surface area contributed by atoms with Gasteiger partial charge in [0.2, 0.25) is 10.3 Å². The van der Waals surface area contributed by atoms with Gasteiger partial charge >= 0.3 is 0 Å². The van der Waals surface area contributed by atoms with Crippen LogP contribution in [0.2, 0.25) is 0 Å². The van der Waals surface area contributed by atoms with Crippen LogP contribution in [0.1, 0.15) is 11.1 Å². The minimum atomic E-state index is -2.19. The minimum Gasteiger partial charge on any atom is -0.184 e. The Bertz CT molecular complexity index is 487. The quantitative estimate of drug-likeness (QED) is 0.573. The minimum absolute atomic E-state index is 0.266. The zero-order chi connectivity index (χ0) is 9.26. The fourth-order valence-electron chi connectivity index (χ4n) is 1.39. The van der Waals surface area contributed by atoms with Crippen molar-refractivity contribution in [2.45, 2.75) is 6.42 Å². The first-order valence-corrected chi connectivity index (χ1v) is 4.99. The summed E-state index contributed by atoms with van der Waals surface area (Å²) in [5.41, 5.74) is 1.82. The maximum Gasteiger partial charge on any atom is 0.222 e. The molecule has 0 amide bonds. The van der Waals surface area contributed by atoms with Crippen LogP contribution < -0.4 is 0 Å². The van der Waals surface area contributed by atoms with E-state index in [1.807, 2.05) is 18.2 Å². The summed E-state index contributed by atoms with van der Waals surface area (Å²) in [4.78, 5) is 0.266. The molecule has 1 aliphatic carbocycles. The average Bonchev–Trinajstić information content (AvgIpc) is 2.17. The van der Waals surface area contributed by atoms with E-state index in [-0.39, 0.29) is 4.86 Å². The predicted octanol–water partition coefficient (Wildman–Crippen LogP) is 1.00. The summed E-state index contributed by atoms with van der Waals surface area (Å²) in [5.74, 6) is 0. The summed E-state index contributed by atoms with van der Waals surface area (Å²) < 4.78 is 21.6. The van der Waals surface area contributed by atoms with E-state index in [9.17, 15) is 8.42 Å². The molecule has 1 aliphatic rings. The number of hydrogen-bond donors (Lipinski definition) is 0. The van der Waals surface area contributed by atoms with Gasteiger partial charge in [0.1, 0.15) is 4.86 Å². The van der Waals surface area contributed by atoms with E-state index in [0.717, 1.165) is 17.5 Å². The first kappa shape index (κ1) is 8.26. The molecule has 0 unspecified atom stereocenters. The molecule has 0 bridgehead atoms. The zero-order valence-electron chi connectivity index (χ0n) is 6.82. The van der Waals surface area contributed by atoms with Crippen LogP contribution in [0.3, 0.4) is 0 Å². The van der Waals surface area contributed by atoms with Gasteiger partial charge in [-0.25, -0.2) is 0 Å². The lowest BCUT2D eigenvalue weighted by Crippen LogP contribution is -2.07. The van der Waals surface area contributed by atoms with Crippen LogP contribution in [0.25, 0.3) is 0 Å². The van der Waals surface area contributed by atoms with Crippen molar-refractivity contribution in [2.24, 2.45) is 0 Å². The Hall–Kier alpha value is -1.35. The van der Waals surface area contributed by atoms with Crippen LogP contribution in [0.15, 0.2) is 30.3 Å². The maximum atomic E-state index is 10.8. The topological polar surface area (TPSA) is 34.1 Å². The number of fused-ring (bicyclic) bond motifs is 1. The summed E-state index contributed by atoms with van der Waals surface area (Å²) in [5, 5.41) is 0. The smallest absolute Gasteiger partial charge is 0.184 e. The maximum absolute atomic E-state index is 10.8. The first-order valence-electron chi connectivity index (χ1n) is 3.92. The Kier molecular flexibility index (Phi) is 2.02. The molecule has 0 atom stereocenters. The summed E-state index contributed by atoms with van der Waals surface area (Å²) >= 11 is 0. The Morgan fingerprint density at radius 1 is 1.23 bits per heavy atom. The summed E-state index contributed by atoms with van der Waals surface area (Å²) in [6.07, 6.45) is 5.26. The summed E-state index contributed by atoms with van der Waals surface area (Å²) in [6, 6.07) is 7.47. The highest BCUT2D eigenvalue weighted by atomic mass is 32.2. The number of rotatable bonds is 0. The molecule has 65 valence electrons. The van der Waals surface area contributed by atoms with Crippen molar-refractivity contribution in [3.05, 3.63) is 47.5 Å². The van der Waals surface area contributed by atoms with E-state index in [4.69, 9.17) is 0 Å². The Morgan fingerprint density at radius 3 is 2.77 bits per heavy atom. The van der Waals surface area contributed by atoms with Crippen molar-refractivity contribution >= 4 is 15.2 Å². The van der Waals surface area contributed by atoms with Gasteiger partial charge in [-0.05, 0) is 12.0 Å². The third-order valence-electron chi connectivity index (χ3n) is 1.98. The van der Waals surface area contributed by atoms with Crippen molar-refractivity contribution in [3.8, 4) is 0 Å². The summed E-state index contributed by atoms with van der Waals surface area (Å²) in [6.45, 7) is 0. The molecular weight excluding hydrogens is 184 g/mol. The Balaban J connectivity index is 2.76. The standard InChI is InChI=1S/C10H7O2S/c11-13(12)10-7-3-5-8-4-1-2-6-9(8)10/h1-4,6H,5H2. The molecule has 0 heterocycles. The third-order valence-corrected chi connectivity index (χ3v) is 2.65. The van der Waals surface area contributed by atoms with E-state index in [1.165, 1.54) is 0 Å². The van der Waals surface area contributed by atoms with Gasteiger partial charge in [0.15, 0.2) is 0 Å². The molecule has 0 aliphatic heterocycles. The van der Waals surface area contributed by atoms with E-state index >= 15 is 0 Å². The van der Waals surface area contributed by atoms with Crippen molar-refractivity contribution in [1.82, 2.24) is 0 Å². The van der Waals surface area contributed by atoms with Gasteiger partial charge in [-0.3, -0.25) is 0 Å². The Labute approximate surface area is 78.1 Å². The van der Waals surface area contributed by atoms with Gasteiger partial charge in [-0.2, -0.15) is 8.42 Å². The van der Waals surface area contributed by atoms with Gasteiger partial charge in [-0.1, -0.05) is 30.3 Å². The lowest BCUT2D eigenvalue weighted by Gasteiger charge is -2.08. The normalized spacial score (nSPS) is 14.0. The van der Waals surface area contributed by atoms with Crippen molar-refractivity contribution < 1.29 is 8.42 Å². The van der Waals surface area contributed by atoms with Crippen molar-refractivity contribution in [1.29, 1.82) is 0 Å². The molecule has 0 spiro atoms. The first-order chi connectivity index (χ1) is 6.29. The second-order valence-electron chi connectivity index (χ2n) is 2.77. The molecule has 2 rings (SSSR count).